The summed E-state index contributed by atoms with van der Waals surface area (Å²) >= 11 is 0. The van der Waals surface area contributed by atoms with Crippen LogP contribution in [0.2, 0.25) is 0 Å². The molecule has 0 saturated heterocycles. The Labute approximate surface area is 282 Å². The Morgan fingerprint density at radius 2 is 1.40 bits per heavy atom. The monoisotopic (exact) mass is 665 g/mol. The van der Waals surface area contributed by atoms with Crippen molar-refractivity contribution in [3.05, 3.63) is 42.5 Å². The van der Waals surface area contributed by atoms with Crippen molar-refractivity contribution in [3.8, 4) is 5.75 Å². The van der Waals surface area contributed by atoms with E-state index in [4.69, 9.17) is 39.3 Å². The van der Waals surface area contributed by atoms with Crippen molar-refractivity contribution < 1.29 is 43.7 Å². The number of fused-ring (bicyclic) bond motifs is 1. The number of nitrogens with two attached hydrogens (primary N) is 1. The van der Waals surface area contributed by atoms with Crippen LogP contribution in [0.3, 0.4) is 0 Å². The Morgan fingerprint density at radius 1 is 0.723 bits per heavy atom. The van der Waals surface area contributed by atoms with Gasteiger partial charge in [0.1, 0.15) is 24.2 Å². The van der Waals surface area contributed by atoms with Crippen LogP contribution in [0.1, 0.15) is 80.6 Å². The van der Waals surface area contributed by atoms with E-state index < -0.39 is 34.6 Å². The summed E-state index contributed by atoms with van der Waals surface area (Å²) in [5.74, 6) is 0.740. The van der Waals surface area contributed by atoms with E-state index in [1.54, 1.807) is 0 Å². The molecule has 0 aliphatic rings. The summed E-state index contributed by atoms with van der Waals surface area (Å²) < 4.78 is 35.9. The number of aliphatic hydroxyl groups is 3. The van der Waals surface area contributed by atoms with Crippen LogP contribution >= 0.6 is 0 Å². The van der Waals surface area contributed by atoms with Gasteiger partial charge in [-0.25, -0.2) is 0 Å². The molecule has 47 heavy (non-hydrogen) atoms. The molecule has 0 heterocycles. The summed E-state index contributed by atoms with van der Waals surface area (Å²) in [6.07, 6.45) is 1.75. The van der Waals surface area contributed by atoms with Crippen molar-refractivity contribution in [2.75, 3.05) is 59.5 Å². The molecule has 0 aromatic heterocycles. The molecule has 5 atom stereocenters. The molecule has 0 fully saturated rings. The van der Waals surface area contributed by atoms with Crippen molar-refractivity contribution in [3.63, 3.8) is 0 Å². The summed E-state index contributed by atoms with van der Waals surface area (Å²) in [6.45, 7) is 16.7. The molecule has 2 aromatic rings. The van der Waals surface area contributed by atoms with E-state index in [2.05, 4.69) is 27.7 Å². The molecule has 5 unspecified atom stereocenters. The molecule has 10 heteroatoms. The first kappa shape index (κ1) is 41.3. The van der Waals surface area contributed by atoms with E-state index >= 15 is 0 Å². The van der Waals surface area contributed by atoms with Crippen LogP contribution in [0.4, 0.5) is 0 Å². The number of rotatable bonds is 26. The smallest absolute Gasteiger partial charge is 0.127 e. The van der Waals surface area contributed by atoms with Crippen LogP contribution in [0, 0.1) is 5.41 Å². The fourth-order valence-corrected chi connectivity index (χ4v) is 4.93. The average molecular weight is 666 g/mol. The molecule has 0 aliphatic carbocycles. The van der Waals surface area contributed by atoms with E-state index in [9.17, 15) is 10.2 Å². The molecule has 10 nitrogen and oxygen atoms in total. The van der Waals surface area contributed by atoms with Gasteiger partial charge in [0.2, 0.25) is 0 Å². The van der Waals surface area contributed by atoms with Crippen LogP contribution in [0.5, 0.6) is 5.75 Å². The largest absolute Gasteiger partial charge is 0.490 e. The van der Waals surface area contributed by atoms with Crippen LogP contribution in [0.15, 0.2) is 42.5 Å². The molecular weight excluding hydrogens is 602 g/mol. The third-order valence-electron chi connectivity index (χ3n) is 9.33. The Hall–Kier alpha value is -1.86. The molecule has 0 saturated carbocycles. The Kier molecular flexibility index (Phi) is 17.6. The lowest BCUT2D eigenvalue weighted by Crippen LogP contribution is -2.57. The van der Waals surface area contributed by atoms with Gasteiger partial charge in [-0.2, -0.15) is 0 Å². The molecule has 2 rings (SSSR count). The van der Waals surface area contributed by atoms with Crippen LogP contribution in [0.25, 0.3) is 10.8 Å². The van der Waals surface area contributed by atoms with Gasteiger partial charge in [0.05, 0.1) is 56.9 Å². The molecule has 0 spiro atoms. The van der Waals surface area contributed by atoms with Gasteiger partial charge in [0, 0.05) is 24.0 Å². The molecule has 0 bridgehead atoms. The first-order valence-corrected chi connectivity index (χ1v) is 17.1. The third-order valence-corrected chi connectivity index (χ3v) is 9.33. The van der Waals surface area contributed by atoms with Crippen LogP contribution < -0.4 is 10.5 Å². The second kappa shape index (κ2) is 20.0. The molecule has 0 aliphatic heterocycles. The summed E-state index contributed by atoms with van der Waals surface area (Å²) in [6, 6.07) is 13.9. The number of hydrogen-bond donors (Lipinski definition) is 4. The zero-order valence-electron chi connectivity index (χ0n) is 30.0. The van der Waals surface area contributed by atoms with Crippen molar-refractivity contribution in [2.45, 2.75) is 110 Å². The predicted octanol–water partition coefficient (Wildman–Crippen LogP) is 5.22. The number of ether oxygens (including phenoxy) is 6. The first-order chi connectivity index (χ1) is 22.2. The predicted molar refractivity (Wildman–Crippen MR) is 186 cm³/mol. The van der Waals surface area contributed by atoms with Gasteiger partial charge in [-0.3, -0.25) is 0 Å². The summed E-state index contributed by atoms with van der Waals surface area (Å²) in [7, 11) is 0. The van der Waals surface area contributed by atoms with Crippen molar-refractivity contribution in [2.24, 2.45) is 11.1 Å². The molecule has 5 N–H and O–H groups in total. The SMILES string of the molecule is CCC(C)(CCOCC(O)CCO)OCC(C)(CC)C(C)(N)OCCC(C)(C)OCCOCC(O)COc1cccc2ccccc12. The van der Waals surface area contributed by atoms with Gasteiger partial charge in [0.25, 0.3) is 0 Å². The van der Waals surface area contributed by atoms with E-state index in [1.807, 2.05) is 63.2 Å². The highest BCUT2D eigenvalue weighted by molar-refractivity contribution is 5.88. The van der Waals surface area contributed by atoms with Gasteiger partial charge < -0.3 is 49.5 Å². The van der Waals surface area contributed by atoms with E-state index in [-0.39, 0.29) is 26.4 Å². The zero-order valence-corrected chi connectivity index (χ0v) is 30.0. The normalized spacial score (nSPS) is 17.5. The number of hydrogen-bond acceptors (Lipinski definition) is 10. The molecule has 0 radical (unpaired) electrons. The fraction of sp³-hybridized carbons (Fsp3) is 0.730. The maximum absolute atomic E-state index is 10.4. The Balaban J connectivity index is 1.70. The van der Waals surface area contributed by atoms with E-state index in [1.165, 1.54) is 0 Å². The maximum Gasteiger partial charge on any atom is 0.127 e. The van der Waals surface area contributed by atoms with Gasteiger partial charge in [0.15, 0.2) is 0 Å². The highest BCUT2D eigenvalue weighted by atomic mass is 16.6. The minimum atomic E-state index is -0.940. The number of benzene rings is 2. The van der Waals surface area contributed by atoms with Gasteiger partial charge in [-0.15, -0.1) is 0 Å². The van der Waals surface area contributed by atoms with Crippen molar-refractivity contribution in [1.29, 1.82) is 0 Å². The molecule has 270 valence electrons. The standard InChI is InChI=1S/C37H63NO9/c1-8-35(5,28-47-36(6,9-2)19-21-42-25-30(40)17-20-39)37(7,38)46-22-18-34(3,4)45-24-23-43-26-31(41)27-44-33-16-12-14-29-13-10-11-15-32(29)33/h10-16,30-31,39-41H,8-9,17-28,38H2,1-7H3. The quantitative estimate of drug-likeness (QED) is 0.0780. The van der Waals surface area contributed by atoms with Gasteiger partial charge >= 0.3 is 0 Å². The average Bonchev–Trinajstić information content (AvgIpc) is 3.04. The van der Waals surface area contributed by atoms with Crippen molar-refractivity contribution in [1.82, 2.24) is 0 Å². The molecule has 2 aromatic carbocycles. The van der Waals surface area contributed by atoms with Crippen LogP contribution in [-0.4, -0.2) is 104 Å². The van der Waals surface area contributed by atoms with Crippen LogP contribution in [-0.2, 0) is 23.7 Å². The Morgan fingerprint density at radius 3 is 2.11 bits per heavy atom. The highest BCUT2D eigenvalue weighted by Crippen LogP contribution is 2.37. The topological polar surface area (TPSA) is 142 Å². The van der Waals surface area contributed by atoms with Crippen molar-refractivity contribution >= 4 is 10.8 Å². The maximum atomic E-state index is 10.4. The third kappa shape index (κ3) is 14.3. The lowest BCUT2D eigenvalue weighted by Gasteiger charge is -2.45. The molecular formula is C37H63NO9. The minimum absolute atomic E-state index is 0.0633. The Bertz CT molecular complexity index is 1140. The molecule has 0 amide bonds. The van der Waals surface area contributed by atoms with E-state index in [0.717, 1.165) is 29.4 Å². The highest BCUT2D eigenvalue weighted by Gasteiger charge is 2.43. The summed E-state index contributed by atoms with van der Waals surface area (Å²) in [5, 5.41) is 31.2. The lowest BCUT2D eigenvalue weighted by molar-refractivity contribution is -0.176. The lowest BCUT2D eigenvalue weighted by atomic mass is 9.78. The summed E-state index contributed by atoms with van der Waals surface area (Å²) in [5.41, 5.74) is 4.52. The minimum Gasteiger partial charge on any atom is -0.490 e. The van der Waals surface area contributed by atoms with E-state index in [0.29, 0.717) is 52.3 Å². The second-order valence-electron chi connectivity index (χ2n) is 13.8. The van der Waals surface area contributed by atoms with Gasteiger partial charge in [-0.05, 0) is 71.3 Å². The fourth-order valence-electron chi connectivity index (χ4n) is 4.93. The zero-order chi connectivity index (χ0) is 35.0. The second-order valence-corrected chi connectivity index (χ2v) is 13.8. The summed E-state index contributed by atoms with van der Waals surface area (Å²) in [4.78, 5) is 0. The number of aliphatic hydroxyl groups excluding tert-OH is 3. The first-order valence-electron chi connectivity index (χ1n) is 17.1. The van der Waals surface area contributed by atoms with Gasteiger partial charge in [-0.1, -0.05) is 57.2 Å².